The summed E-state index contributed by atoms with van der Waals surface area (Å²) in [5.41, 5.74) is -0.0895. The minimum Gasteiger partial charge on any atom is -0.336 e. The molecule has 0 atom stereocenters. The number of hydrogen-bond acceptors (Lipinski definition) is 3. The van der Waals surface area contributed by atoms with E-state index in [9.17, 15) is 26.4 Å². The summed E-state index contributed by atoms with van der Waals surface area (Å²) >= 11 is 0. The number of piperazine rings is 1. The second-order valence-corrected chi connectivity index (χ2v) is 7.66. The molecular weight excluding hydrogens is 369 g/mol. The summed E-state index contributed by atoms with van der Waals surface area (Å²) in [6, 6.07) is 7.78. The Hall–Kier alpha value is -2.39. The maximum absolute atomic E-state index is 13.8. The van der Waals surface area contributed by atoms with Crippen molar-refractivity contribution in [1.29, 1.82) is 0 Å². The molecule has 0 N–H and O–H groups in total. The van der Waals surface area contributed by atoms with Crippen LogP contribution in [-0.4, -0.2) is 49.7 Å². The molecule has 1 saturated heterocycles. The van der Waals surface area contributed by atoms with Gasteiger partial charge in [-0.25, -0.2) is 21.6 Å². The third-order valence-electron chi connectivity index (χ3n) is 4.14. The molecule has 1 aliphatic rings. The largest absolute Gasteiger partial charge is 0.336 e. The second-order valence-electron chi connectivity index (χ2n) is 5.75. The smallest absolute Gasteiger partial charge is 0.256 e. The monoisotopic (exact) mass is 384 g/mol. The minimum absolute atomic E-state index is 0.0369. The van der Waals surface area contributed by atoms with Gasteiger partial charge in [0.15, 0.2) is 0 Å². The fourth-order valence-corrected chi connectivity index (χ4v) is 4.23. The standard InChI is InChI=1S/C17H15F3N2O3S/c18-12-5-6-16(15(20)11-12)26(24,25)22-9-7-21(8-10-22)17(23)13-3-1-2-4-14(13)19/h1-6,11H,7-10H2. The number of hydrogen-bond donors (Lipinski definition) is 0. The Morgan fingerprint density at radius 1 is 0.885 bits per heavy atom. The number of nitrogens with zero attached hydrogens (tertiary/aromatic N) is 2. The van der Waals surface area contributed by atoms with Crippen molar-refractivity contribution in [2.45, 2.75) is 4.90 Å². The van der Waals surface area contributed by atoms with Gasteiger partial charge in [-0.15, -0.1) is 0 Å². The van der Waals surface area contributed by atoms with E-state index in [-0.39, 0.29) is 31.7 Å². The number of sulfonamides is 1. The van der Waals surface area contributed by atoms with Crippen molar-refractivity contribution in [2.24, 2.45) is 0 Å². The molecule has 0 spiro atoms. The number of rotatable bonds is 3. The topological polar surface area (TPSA) is 57.7 Å². The fourth-order valence-electron chi connectivity index (χ4n) is 2.76. The van der Waals surface area contributed by atoms with Crippen molar-refractivity contribution < 1.29 is 26.4 Å². The highest BCUT2D eigenvalue weighted by Gasteiger charge is 2.32. The Kier molecular flexibility index (Phi) is 5.01. The first-order chi connectivity index (χ1) is 12.3. The van der Waals surface area contributed by atoms with E-state index in [0.717, 1.165) is 16.4 Å². The summed E-state index contributed by atoms with van der Waals surface area (Å²) in [6.45, 7) is -0.0664. The quantitative estimate of drug-likeness (QED) is 0.816. The van der Waals surface area contributed by atoms with Crippen LogP contribution in [0.15, 0.2) is 47.4 Å². The molecule has 3 rings (SSSR count). The van der Waals surface area contributed by atoms with Gasteiger partial charge in [-0.05, 0) is 24.3 Å². The Bertz CT molecular complexity index is 942. The van der Waals surface area contributed by atoms with E-state index in [1.54, 1.807) is 0 Å². The van der Waals surface area contributed by atoms with Crippen molar-refractivity contribution in [1.82, 2.24) is 9.21 Å². The van der Waals surface area contributed by atoms with E-state index in [0.29, 0.717) is 6.07 Å². The molecule has 1 heterocycles. The third kappa shape index (κ3) is 3.45. The molecule has 0 bridgehead atoms. The molecule has 1 amide bonds. The highest BCUT2D eigenvalue weighted by Crippen LogP contribution is 2.22. The lowest BCUT2D eigenvalue weighted by Crippen LogP contribution is -2.50. The van der Waals surface area contributed by atoms with Gasteiger partial charge in [0.05, 0.1) is 5.56 Å². The highest BCUT2D eigenvalue weighted by atomic mass is 32.2. The number of amides is 1. The van der Waals surface area contributed by atoms with Gasteiger partial charge in [0.2, 0.25) is 10.0 Å². The van der Waals surface area contributed by atoms with Crippen LogP contribution in [0.1, 0.15) is 10.4 Å². The average molecular weight is 384 g/mol. The summed E-state index contributed by atoms with van der Waals surface area (Å²) in [5, 5.41) is 0. The summed E-state index contributed by atoms with van der Waals surface area (Å²) < 4.78 is 66.6. The first kappa shape index (κ1) is 18.4. The molecule has 5 nitrogen and oxygen atoms in total. The van der Waals surface area contributed by atoms with Crippen molar-refractivity contribution in [3.63, 3.8) is 0 Å². The minimum atomic E-state index is -4.15. The number of benzene rings is 2. The van der Waals surface area contributed by atoms with Gasteiger partial charge in [0.25, 0.3) is 5.91 Å². The van der Waals surface area contributed by atoms with Crippen LogP contribution >= 0.6 is 0 Å². The number of halogens is 3. The zero-order valence-electron chi connectivity index (χ0n) is 13.5. The molecule has 138 valence electrons. The van der Waals surface area contributed by atoms with Crippen molar-refractivity contribution >= 4 is 15.9 Å². The van der Waals surface area contributed by atoms with Crippen LogP contribution < -0.4 is 0 Å². The van der Waals surface area contributed by atoms with Gasteiger partial charge in [-0.2, -0.15) is 4.31 Å². The molecule has 0 unspecified atom stereocenters. The van der Waals surface area contributed by atoms with Crippen LogP contribution in [-0.2, 0) is 10.0 Å². The lowest BCUT2D eigenvalue weighted by molar-refractivity contribution is 0.0693. The zero-order chi connectivity index (χ0) is 18.9. The van der Waals surface area contributed by atoms with E-state index < -0.39 is 38.3 Å². The lowest BCUT2D eigenvalue weighted by atomic mass is 10.1. The molecule has 2 aromatic rings. The molecule has 0 aromatic heterocycles. The Morgan fingerprint density at radius 2 is 1.54 bits per heavy atom. The fraction of sp³-hybridized carbons (Fsp3) is 0.235. The van der Waals surface area contributed by atoms with Gasteiger partial charge in [-0.1, -0.05) is 12.1 Å². The van der Waals surface area contributed by atoms with Crippen molar-refractivity contribution in [2.75, 3.05) is 26.2 Å². The summed E-state index contributed by atoms with van der Waals surface area (Å²) in [4.78, 5) is 13.1. The first-order valence-electron chi connectivity index (χ1n) is 7.80. The number of carbonyl (C=O) groups excluding carboxylic acids is 1. The van der Waals surface area contributed by atoms with Crippen molar-refractivity contribution in [3.8, 4) is 0 Å². The number of carbonyl (C=O) groups is 1. The average Bonchev–Trinajstić information content (AvgIpc) is 2.61. The zero-order valence-corrected chi connectivity index (χ0v) is 14.3. The first-order valence-corrected chi connectivity index (χ1v) is 9.24. The summed E-state index contributed by atoms with van der Waals surface area (Å²) in [5.74, 6) is -3.23. The Balaban J connectivity index is 1.74. The van der Waals surface area contributed by atoms with Gasteiger partial charge < -0.3 is 4.90 Å². The van der Waals surface area contributed by atoms with Gasteiger partial charge in [0.1, 0.15) is 22.3 Å². The SMILES string of the molecule is O=C(c1ccccc1F)N1CCN(S(=O)(=O)c2ccc(F)cc2F)CC1. The van der Waals surface area contributed by atoms with E-state index in [2.05, 4.69) is 0 Å². The molecule has 0 aliphatic carbocycles. The molecule has 0 saturated carbocycles. The second kappa shape index (κ2) is 7.08. The Morgan fingerprint density at radius 3 is 2.15 bits per heavy atom. The van der Waals surface area contributed by atoms with Crippen LogP contribution in [0.2, 0.25) is 0 Å². The highest BCUT2D eigenvalue weighted by molar-refractivity contribution is 7.89. The van der Waals surface area contributed by atoms with Gasteiger partial charge in [-0.3, -0.25) is 4.79 Å². The predicted molar refractivity (Wildman–Crippen MR) is 87.4 cm³/mol. The van der Waals surface area contributed by atoms with Crippen LogP contribution in [0, 0.1) is 17.5 Å². The molecule has 1 aliphatic heterocycles. The van der Waals surface area contributed by atoms with E-state index >= 15 is 0 Å². The molecule has 2 aromatic carbocycles. The van der Waals surface area contributed by atoms with E-state index in [1.807, 2.05) is 0 Å². The van der Waals surface area contributed by atoms with Crippen molar-refractivity contribution in [3.05, 3.63) is 65.5 Å². The van der Waals surface area contributed by atoms with E-state index in [4.69, 9.17) is 0 Å². The van der Waals surface area contributed by atoms with Crippen LogP contribution in [0.4, 0.5) is 13.2 Å². The normalized spacial score (nSPS) is 15.9. The Labute approximate surface area is 148 Å². The van der Waals surface area contributed by atoms with Crippen LogP contribution in [0.5, 0.6) is 0 Å². The lowest BCUT2D eigenvalue weighted by Gasteiger charge is -2.34. The summed E-state index contributed by atoms with van der Waals surface area (Å²) in [7, 11) is -4.15. The van der Waals surface area contributed by atoms with Gasteiger partial charge >= 0.3 is 0 Å². The molecule has 9 heteroatoms. The predicted octanol–water partition coefficient (Wildman–Crippen LogP) is 2.25. The molecular formula is C17H15F3N2O3S. The van der Waals surface area contributed by atoms with Crippen LogP contribution in [0.25, 0.3) is 0 Å². The molecule has 1 fully saturated rings. The van der Waals surface area contributed by atoms with Crippen LogP contribution in [0.3, 0.4) is 0 Å². The third-order valence-corrected chi connectivity index (χ3v) is 6.07. The van der Waals surface area contributed by atoms with E-state index in [1.165, 1.54) is 29.2 Å². The summed E-state index contributed by atoms with van der Waals surface area (Å²) in [6.07, 6.45) is 0. The maximum atomic E-state index is 13.8. The van der Waals surface area contributed by atoms with Gasteiger partial charge in [0, 0.05) is 32.2 Å². The molecule has 26 heavy (non-hydrogen) atoms. The maximum Gasteiger partial charge on any atom is 0.256 e. The molecule has 0 radical (unpaired) electrons.